The summed E-state index contributed by atoms with van der Waals surface area (Å²) < 4.78 is 12.7. The number of imidazole rings is 1. The third-order valence-electron chi connectivity index (χ3n) is 2.61. The minimum Gasteiger partial charge on any atom is -0.497 e. The summed E-state index contributed by atoms with van der Waals surface area (Å²) in [5, 5.41) is 9.23. The van der Waals surface area contributed by atoms with Gasteiger partial charge < -0.3 is 19.1 Å². The van der Waals surface area contributed by atoms with Crippen LogP contribution in [0.2, 0.25) is 0 Å². The molecule has 0 amide bonds. The highest BCUT2D eigenvalue weighted by atomic mass is 16.5. The van der Waals surface area contributed by atoms with Crippen LogP contribution in [0.15, 0.2) is 36.9 Å². The van der Waals surface area contributed by atoms with Gasteiger partial charge in [0.15, 0.2) is 0 Å². The Hall–Kier alpha value is -2.01. The van der Waals surface area contributed by atoms with Gasteiger partial charge in [-0.25, -0.2) is 4.98 Å². The summed E-state index contributed by atoms with van der Waals surface area (Å²) in [5.41, 5.74) is 0.751. The molecule has 18 heavy (non-hydrogen) atoms. The lowest BCUT2D eigenvalue weighted by Gasteiger charge is -2.11. The maximum absolute atomic E-state index is 9.23. The molecule has 2 aromatic rings. The molecule has 0 saturated carbocycles. The number of hydrogen-bond donors (Lipinski definition) is 1. The van der Waals surface area contributed by atoms with E-state index in [2.05, 4.69) is 4.98 Å². The van der Waals surface area contributed by atoms with Crippen LogP contribution in [0, 0.1) is 0 Å². The highest BCUT2D eigenvalue weighted by Crippen LogP contribution is 2.24. The predicted molar refractivity (Wildman–Crippen MR) is 66.6 cm³/mol. The van der Waals surface area contributed by atoms with Gasteiger partial charge in [-0.2, -0.15) is 0 Å². The van der Waals surface area contributed by atoms with E-state index < -0.39 is 0 Å². The quantitative estimate of drug-likeness (QED) is 0.841. The molecule has 0 aliphatic carbocycles. The Morgan fingerprint density at radius 1 is 1.39 bits per heavy atom. The second kappa shape index (κ2) is 6.07. The van der Waals surface area contributed by atoms with E-state index in [9.17, 15) is 5.11 Å². The molecule has 0 radical (unpaired) electrons. The molecule has 0 aliphatic heterocycles. The molecule has 5 nitrogen and oxygen atoms in total. The van der Waals surface area contributed by atoms with Crippen LogP contribution in [0.3, 0.4) is 0 Å². The molecule has 96 valence electrons. The van der Waals surface area contributed by atoms with Gasteiger partial charge in [-0.1, -0.05) is 0 Å². The Bertz CT molecular complexity index is 483. The van der Waals surface area contributed by atoms with E-state index in [1.807, 2.05) is 10.8 Å². The van der Waals surface area contributed by atoms with Crippen molar-refractivity contribution >= 4 is 0 Å². The first-order valence-electron chi connectivity index (χ1n) is 5.70. The zero-order valence-electron chi connectivity index (χ0n) is 10.2. The fraction of sp³-hybridized carbons (Fsp3) is 0.308. The Kier molecular flexibility index (Phi) is 4.20. The van der Waals surface area contributed by atoms with Crippen molar-refractivity contribution in [2.45, 2.75) is 13.2 Å². The molecule has 1 aromatic heterocycles. The van der Waals surface area contributed by atoms with Crippen LogP contribution >= 0.6 is 0 Å². The van der Waals surface area contributed by atoms with Crippen molar-refractivity contribution in [2.75, 3.05) is 13.7 Å². The molecule has 1 heterocycles. The van der Waals surface area contributed by atoms with Crippen LogP contribution in [0.25, 0.3) is 0 Å². The van der Waals surface area contributed by atoms with Crippen LogP contribution < -0.4 is 9.47 Å². The smallest absolute Gasteiger partial charge is 0.128 e. The number of ether oxygens (including phenoxy) is 2. The first-order valence-corrected chi connectivity index (χ1v) is 5.70. The lowest BCUT2D eigenvalue weighted by molar-refractivity contribution is 0.257. The van der Waals surface area contributed by atoms with Crippen molar-refractivity contribution in [3.8, 4) is 11.5 Å². The Labute approximate surface area is 106 Å². The van der Waals surface area contributed by atoms with Gasteiger partial charge in [-0.3, -0.25) is 0 Å². The molecule has 0 aliphatic rings. The zero-order chi connectivity index (χ0) is 12.8. The first kappa shape index (κ1) is 12.4. The average Bonchev–Trinajstić information content (AvgIpc) is 2.92. The number of benzene rings is 1. The van der Waals surface area contributed by atoms with Crippen LogP contribution in [0.1, 0.15) is 5.56 Å². The van der Waals surface area contributed by atoms with Crippen LogP contribution in [-0.2, 0) is 13.2 Å². The van der Waals surface area contributed by atoms with Gasteiger partial charge in [0.1, 0.15) is 18.1 Å². The van der Waals surface area contributed by atoms with E-state index in [0.717, 1.165) is 5.56 Å². The molecule has 0 bridgehead atoms. The van der Waals surface area contributed by atoms with Gasteiger partial charge in [-0.05, 0) is 12.1 Å². The molecule has 0 spiro atoms. The van der Waals surface area contributed by atoms with E-state index in [4.69, 9.17) is 9.47 Å². The lowest BCUT2D eigenvalue weighted by atomic mass is 10.2. The molecule has 1 aromatic carbocycles. The van der Waals surface area contributed by atoms with E-state index in [1.165, 1.54) is 0 Å². The summed E-state index contributed by atoms with van der Waals surface area (Å²) in [6.07, 6.45) is 5.34. The van der Waals surface area contributed by atoms with Crippen molar-refractivity contribution in [3.05, 3.63) is 42.5 Å². The molecular weight excluding hydrogens is 232 g/mol. The van der Waals surface area contributed by atoms with Crippen molar-refractivity contribution in [1.82, 2.24) is 9.55 Å². The largest absolute Gasteiger partial charge is 0.497 e. The zero-order valence-corrected chi connectivity index (χ0v) is 10.2. The Morgan fingerprint density at radius 3 is 2.94 bits per heavy atom. The van der Waals surface area contributed by atoms with Crippen LogP contribution in [-0.4, -0.2) is 28.4 Å². The van der Waals surface area contributed by atoms with E-state index >= 15 is 0 Å². The minimum absolute atomic E-state index is 0.0512. The van der Waals surface area contributed by atoms with Gasteiger partial charge in [0.2, 0.25) is 0 Å². The SMILES string of the molecule is COc1ccc(CO)c(OCCn2ccnc2)c1. The fourth-order valence-electron chi connectivity index (χ4n) is 1.61. The van der Waals surface area contributed by atoms with Crippen molar-refractivity contribution in [3.63, 3.8) is 0 Å². The van der Waals surface area contributed by atoms with E-state index in [0.29, 0.717) is 24.7 Å². The molecule has 0 saturated heterocycles. The maximum atomic E-state index is 9.23. The van der Waals surface area contributed by atoms with Crippen molar-refractivity contribution in [1.29, 1.82) is 0 Å². The van der Waals surface area contributed by atoms with Gasteiger partial charge >= 0.3 is 0 Å². The highest BCUT2D eigenvalue weighted by molar-refractivity contribution is 5.40. The maximum Gasteiger partial charge on any atom is 0.128 e. The minimum atomic E-state index is -0.0512. The molecular formula is C13H16N2O3. The molecule has 0 fully saturated rings. The Balaban J connectivity index is 1.98. The molecule has 1 N–H and O–H groups in total. The standard InChI is InChI=1S/C13H16N2O3/c1-17-12-3-2-11(9-16)13(8-12)18-7-6-15-5-4-14-10-15/h2-5,8,10,16H,6-7,9H2,1H3. The summed E-state index contributed by atoms with van der Waals surface area (Å²) in [6.45, 7) is 1.17. The number of nitrogens with zero attached hydrogens (tertiary/aromatic N) is 2. The second-order valence-electron chi connectivity index (χ2n) is 3.78. The normalized spacial score (nSPS) is 10.3. The third-order valence-corrected chi connectivity index (χ3v) is 2.61. The molecule has 0 unspecified atom stereocenters. The van der Waals surface area contributed by atoms with Gasteiger partial charge in [0.25, 0.3) is 0 Å². The fourth-order valence-corrected chi connectivity index (χ4v) is 1.61. The summed E-state index contributed by atoms with van der Waals surface area (Å²) in [6, 6.07) is 5.37. The Morgan fingerprint density at radius 2 is 2.28 bits per heavy atom. The average molecular weight is 248 g/mol. The number of methoxy groups -OCH3 is 1. The molecule has 5 heteroatoms. The van der Waals surface area contributed by atoms with E-state index in [-0.39, 0.29) is 6.61 Å². The number of hydrogen-bond acceptors (Lipinski definition) is 4. The molecule has 0 atom stereocenters. The van der Waals surface area contributed by atoms with Gasteiger partial charge in [-0.15, -0.1) is 0 Å². The highest BCUT2D eigenvalue weighted by Gasteiger charge is 2.05. The van der Waals surface area contributed by atoms with Gasteiger partial charge in [0.05, 0.1) is 26.6 Å². The number of aliphatic hydroxyl groups excluding tert-OH is 1. The summed E-state index contributed by atoms with van der Waals surface area (Å²) in [5.74, 6) is 1.36. The van der Waals surface area contributed by atoms with Crippen molar-refractivity contribution < 1.29 is 14.6 Å². The summed E-state index contributed by atoms with van der Waals surface area (Å²) in [4.78, 5) is 3.96. The number of rotatable bonds is 6. The lowest BCUT2D eigenvalue weighted by Crippen LogP contribution is -2.07. The third kappa shape index (κ3) is 3.01. The van der Waals surface area contributed by atoms with Crippen LogP contribution in [0.4, 0.5) is 0 Å². The van der Waals surface area contributed by atoms with E-state index in [1.54, 1.807) is 37.8 Å². The summed E-state index contributed by atoms with van der Waals surface area (Å²) >= 11 is 0. The predicted octanol–water partition coefficient (Wildman–Crippen LogP) is 1.46. The second-order valence-corrected chi connectivity index (χ2v) is 3.78. The monoisotopic (exact) mass is 248 g/mol. The number of aliphatic hydroxyl groups is 1. The van der Waals surface area contributed by atoms with Crippen LogP contribution in [0.5, 0.6) is 11.5 Å². The van der Waals surface area contributed by atoms with Crippen molar-refractivity contribution in [2.24, 2.45) is 0 Å². The number of aromatic nitrogens is 2. The topological polar surface area (TPSA) is 56.5 Å². The summed E-state index contributed by atoms with van der Waals surface area (Å²) in [7, 11) is 1.60. The van der Waals surface area contributed by atoms with Gasteiger partial charge in [0, 0.05) is 24.0 Å². The first-order chi connectivity index (χ1) is 8.83. The molecule has 2 rings (SSSR count).